The second-order valence-electron chi connectivity index (χ2n) is 5.23. The molecule has 0 aliphatic rings. The third-order valence-electron chi connectivity index (χ3n) is 3.69. The fraction of sp³-hybridized carbons (Fsp3) is 0.0556. The number of hydrogen-bond donors (Lipinski definition) is 0. The van der Waals surface area contributed by atoms with E-state index in [0.717, 1.165) is 16.7 Å². The molecule has 2 aromatic carbocycles. The Kier molecular flexibility index (Phi) is 4.47. The highest BCUT2D eigenvalue weighted by Gasteiger charge is 2.15. The van der Waals surface area contributed by atoms with Crippen LogP contribution in [0.5, 0.6) is 0 Å². The van der Waals surface area contributed by atoms with Crippen molar-refractivity contribution in [1.29, 1.82) is 0 Å². The molecule has 0 saturated heterocycles. The van der Waals surface area contributed by atoms with Crippen LogP contribution >= 0.6 is 0 Å². The molecule has 1 heterocycles. The lowest BCUT2D eigenvalue weighted by Gasteiger charge is -2.07. The van der Waals surface area contributed by atoms with Crippen LogP contribution in [0.4, 0.5) is 5.69 Å². The number of aromatic nitrogens is 2. The minimum absolute atomic E-state index is 0.133. The fourth-order valence-electron chi connectivity index (χ4n) is 2.44. The summed E-state index contributed by atoms with van der Waals surface area (Å²) in [5, 5.41) is 18.7. The Labute approximate surface area is 143 Å². The Balaban J connectivity index is 2.02. The van der Waals surface area contributed by atoms with E-state index in [-0.39, 0.29) is 11.3 Å². The number of nitro benzene ring substituents is 1. The standard InChI is InChI=1S/C18H13N3O4/c1-25-18(22)16-8-15(9-17(10-16)21(23)24)13-4-2-12(3-5-13)14-6-7-19-20-11-14/h2-11H,1H3. The van der Waals surface area contributed by atoms with E-state index in [4.69, 9.17) is 0 Å². The first kappa shape index (κ1) is 16.3. The van der Waals surface area contributed by atoms with Crippen molar-refractivity contribution in [2.24, 2.45) is 0 Å². The zero-order valence-corrected chi connectivity index (χ0v) is 13.2. The molecule has 0 N–H and O–H groups in total. The van der Waals surface area contributed by atoms with E-state index in [1.54, 1.807) is 18.5 Å². The average molecular weight is 335 g/mol. The van der Waals surface area contributed by atoms with Gasteiger partial charge in [0.15, 0.2) is 0 Å². The quantitative estimate of drug-likeness (QED) is 0.411. The first-order chi connectivity index (χ1) is 12.1. The predicted octanol–water partition coefficient (Wildman–Crippen LogP) is 3.51. The van der Waals surface area contributed by atoms with Crippen molar-refractivity contribution in [3.8, 4) is 22.3 Å². The maximum Gasteiger partial charge on any atom is 0.338 e. The number of methoxy groups -OCH3 is 1. The molecule has 0 aliphatic carbocycles. The molecule has 25 heavy (non-hydrogen) atoms. The average Bonchev–Trinajstić information content (AvgIpc) is 2.67. The normalized spacial score (nSPS) is 10.3. The van der Waals surface area contributed by atoms with Gasteiger partial charge in [-0.25, -0.2) is 4.79 Å². The molecule has 0 saturated carbocycles. The number of esters is 1. The number of hydrogen-bond acceptors (Lipinski definition) is 6. The Morgan fingerprint density at radius 1 is 0.960 bits per heavy atom. The van der Waals surface area contributed by atoms with E-state index in [2.05, 4.69) is 14.9 Å². The second-order valence-corrected chi connectivity index (χ2v) is 5.23. The number of benzene rings is 2. The van der Waals surface area contributed by atoms with Gasteiger partial charge in [0, 0.05) is 17.7 Å². The number of ether oxygens (including phenoxy) is 1. The lowest BCUT2D eigenvalue weighted by Crippen LogP contribution is -2.02. The first-order valence-corrected chi connectivity index (χ1v) is 7.34. The van der Waals surface area contributed by atoms with Crippen molar-refractivity contribution in [2.45, 2.75) is 0 Å². The predicted molar refractivity (Wildman–Crippen MR) is 90.9 cm³/mol. The molecule has 7 nitrogen and oxygen atoms in total. The molecule has 0 atom stereocenters. The number of nitrogens with zero attached hydrogens (tertiary/aromatic N) is 3. The third kappa shape index (κ3) is 3.50. The molecule has 3 aromatic rings. The topological polar surface area (TPSA) is 95.2 Å². The maximum absolute atomic E-state index is 11.8. The van der Waals surface area contributed by atoms with E-state index in [9.17, 15) is 14.9 Å². The minimum atomic E-state index is -0.621. The van der Waals surface area contributed by atoms with Crippen molar-refractivity contribution in [3.05, 3.63) is 76.6 Å². The van der Waals surface area contributed by atoms with Crippen LogP contribution in [0.3, 0.4) is 0 Å². The number of nitro groups is 1. The Morgan fingerprint density at radius 2 is 1.64 bits per heavy atom. The van der Waals surface area contributed by atoms with Crippen LogP contribution in [0.1, 0.15) is 10.4 Å². The molecule has 0 unspecified atom stereocenters. The molecule has 0 aliphatic heterocycles. The molecule has 0 radical (unpaired) electrons. The van der Waals surface area contributed by atoms with E-state index in [0.29, 0.717) is 5.56 Å². The largest absolute Gasteiger partial charge is 0.465 e. The third-order valence-corrected chi connectivity index (χ3v) is 3.69. The maximum atomic E-state index is 11.8. The molecule has 3 rings (SSSR count). The summed E-state index contributed by atoms with van der Waals surface area (Å²) in [7, 11) is 1.23. The van der Waals surface area contributed by atoms with Crippen molar-refractivity contribution in [1.82, 2.24) is 10.2 Å². The van der Waals surface area contributed by atoms with Crippen LogP contribution in [0, 0.1) is 10.1 Å². The fourth-order valence-corrected chi connectivity index (χ4v) is 2.44. The summed E-state index contributed by atoms with van der Waals surface area (Å²) in [6.07, 6.45) is 3.25. The Bertz CT molecular complexity index is 925. The van der Waals surface area contributed by atoms with Gasteiger partial charge in [-0.05, 0) is 28.8 Å². The van der Waals surface area contributed by atoms with Crippen molar-refractivity contribution in [2.75, 3.05) is 7.11 Å². The Morgan fingerprint density at radius 3 is 2.20 bits per heavy atom. The molecule has 0 fully saturated rings. The monoisotopic (exact) mass is 335 g/mol. The van der Waals surface area contributed by atoms with Crippen molar-refractivity contribution < 1.29 is 14.5 Å². The van der Waals surface area contributed by atoms with Gasteiger partial charge in [0.05, 0.1) is 30.0 Å². The number of carbonyl (C=O) groups is 1. The first-order valence-electron chi connectivity index (χ1n) is 7.34. The van der Waals surface area contributed by atoms with E-state index >= 15 is 0 Å². The van der Waals surface area contributed by atoms with Gasteiger partial charge in [0.1, 0.15) is 0 Å². The SMILES string of the molecule is COC(=O)c1cc(-c2ccc(-c3ccnnc3)cc2)cc([N+](=O)[O-])c1. The highest BCUT2D eigenvalue weighted by molar-refractivity contribution is 5.92. The van der Waals surface area contributed by atoms with Crippen LogP contribution in [-0.2, 0) is 4.74 Å². The highest BCUT2D eigenvalue weighted by Crippen LogP contribution is 2.28. The van der Waals surface area contributed by atoms with Crippen molar-refractivity contribution in [3.63, 3.8) is 0 Å². The number of non-ortho nitro benzene ring substituents is 1. The van der Waals surface area contributed by atoms with Crippen molar-refractivity contribution >= 4 is 11.7 Å². The van der Waals surface area contributed by atoms with Crippen LogP contribution in [0.2, 0.25) is 0 Å². The molecule has 7 heteroatoms. The zero-order chi connectivity index (χ0) is 17.8. The summed E-state index contributed by atoms with van der Waals surface area (Å²) >= 11 is 0. The summed E-state index contributed by atoms with van der Waals surface area (Å²) in [5.41, 5.74) is 3.14. The lowest BCUT2D eigenvalue weighted by atomic mass is 9.99. The van der Waals surface area contributed by atoms with Gasteiger partial charge in [-0.15, -0.1) is 0 Å². The number of rotatable bonds is 4. The summed E-state index contributed by atoms with van der Waals surface area (Å²) in [4.78, 5) is 22.3. The molecule has 0 spiro atoms. The van der Waals surface area contributed by atoms with Gasteiger partial charge in [-0.1, -0.05) is 24.3 Å². The molecular weight excluding hydrogens is 322 g/mol. The second kappa shape index (κ2) is 6.88. The van der Waals surface area contributed by atoms with Crippen LogP contribution in [-0.4, -0.2) is 28.2 Å². The smallest absolute Gasteiger partial charge is 0.338 e. The molecular formula is C18H13N3O4. The lowest BCUT2D eigenvalue weighted by molar-refractivity contribution is -0.384. The molecule has 1 aromatic heterocycles. The van der Waals surface area contributed by atoms with Gasteiger partial charge in [-0.2, -0.15) is 10.2 Å². The minimum Gasteiger partial charge on any atom is -0.465 e. The van der Waals surface area contributed by atoms with Gasteiger partial charge in [0.25, 0.3) is 5.69 Å². The van der Waals surface area contributed by atoms with Gasteiger partial charge >= 0.3 is 5.97 Å². The number of carbonyl (C=O) groups excluding carboxylic acids is 1. The van der Waals surface area contributed by atoms with Gasteiger partial charge < -0.3 is 4.74 Å². The highest BCUT2D eigenvalue weighted by atomic mass is 16.6. The molecule has 0 bridgehead atoms. The van der Waals surface area contributed by atoms with Crippen LogP contribution in [0.15, 0.2) is 60.9 Å². The molecule has 124 valence electrons. The summed E-state index contributed by atoms with van der Waals surface area (Å²) in [5.74, 6) is -0.621. The summed E-state index contributed by atoms with van der Waals surface area (Å²) < 4.78 is 4.66. The Hall–Kier alpha value is -3.61. The van der Waals surface area contributed by atoms with Crippen LogP contribution in [0.25, 0.3) is 22.3 Å². The molecule has 0 amide bonds. The van der Waals surface area contributed by atoms with Gasteiger partial charge in [0.2, 0.25) is 0 Å². The van der Waals surface area contributed by atoms with E-state index < -0.39 is 10.9 Å². The zero-order valence-electron chi connectivity index (χ0n) is 13.2. The van der Waals surface area contributed by atoms with E-state index in [1.165, 1.54) is 19.2 Å². The summed E-state index contributed by atoms with van der Waals surface area (Å²) in [6.45, 7) is 0. The van der Waals surface area contributed by atoms with E-state index in [1.807, 2.05) is 30.3 Å². The summed E-state index contributed by atoms with van der Waals surface area (Å²) in [6, 6.07) is 13.5. The van der Waals surface area contributed by atoms with Gasteiger partial charge in [-0.3, -0.25) is 10.1 Å². The van der Waals surface area contributed by atoms with Crippen LogP contribution < -0.4 is 0 Å².